The van der Waals surface area contributed by atoms with E-state index in [0.717, 1.165) is 30.3 Å². The molecule has 4 rings (SSSR count). The third-order valence-corrected chi connectivity index (χ3v) is 5.57. The third kappa shape index (κ3) is 2.35. The molecular weight excluding hydrogens is 284 g/mol. The molecule has 6 heteroatoms. The first-order chi connectivity index (χ1) is 10.3. The molecule has 21 heavy (non-hydrogen) atoms. The van der Waals surface area contributed by atoms with Crippen LogP contribution < -0.4 is 10.2 Å². The molecular formula is C15H22N4OS. The maximum atomic E-state index is 9.72. The summed E-state index contributed by atoms with van der Waals surface area (Å²) in [7, 11) is 0. The van der Waals surface area contributed by atoms with Gasteiger partial charge in [-0.3, -0.25) is 4.40 Å². The number of thiazole rings is 1. The van der Waals surface area contributed by atoms with Crippen molar-refractivity contribution in [3.05, 3.63) is 17.3 Å². The van der Waals surface area contributed by atoms with Crippen molar-refractivity contribution >= 4 is 22.1 Å². The molecule has 2 fully saturated rings. The lowest BCUT2D eigenvalue weighted by molar-refractivity contribution is 0.244. The van der Waals surface area contributed by atoms with E-state index in [2.05, 4.69) is 33.1 Å². The second kappa shape index (κ2) is 5.26. The fraction of sp³-hybridized carbons (Fsp3) is 0.667. The number of nitrogens with zero attached hydrogens (tertiary/aromatic N) is 3. The van der Waals surface area contributed by atoms with E-state index in [1.54, 1.807) is 11.3 Å². The van der Waals surface area contributed by atoms with Gasteiger partial charge < -0.3 is 15.3 Å². The highest BCUT2D eigenvalue weighted by Gasteiger charge is 2.34. The van der Waals surface area contributed by atoms with Crippen LogP contribution in [-0.2, 0) is 6.54 Å². The van der Waals surface area contributed by atoms with Gasteiger partial charge in [-0.2, -0.15) is 0 Å². The Labute approximate surface area is 128 Å². The zero-order chi connectivity index (χ0) is 14.4. The van der Waals surface area contributed by atoms with Gasteiger partial charge in [0.1, 0.15) is 0 Å². The van der Waals surface area contributed by atoms with Gasteiger partial charge in [0.05, 0.1) is 18.3 Å². The zero-order valence-corrected chi connectivity index (χ0v) is 13.1. The Morgan fingerprint density at radius 3 is 3.05 bits per heavy atom. The number of aliphatic hydroxyl groups is 1. The van der Waals surface area contributed by atoms with E-state index in [9.17, 15) is 5.11 Å². The second-order valence-electron chi connectivity index (χ2n) is 6.30. The second-order valence-corrected chi connectivity index (χ2v) is 7.18. The maximum absolute atomic E-state index is 9.72. The Balaban J connectivity index is 1.69. The fourth-order valence-corrected chi connectivity index (χ4v) is 4.02. The van der Waals surface area contributed by atoms with Crippen LogP contribution in [0.4, 0.5) is 5.82 Å². The van der Waals surface area contributed by atoms with Crippen LogP contribution in [0.5, 0.6) is 0 Å². The molecule has 0 aromatic carbocycles. The monoisotopic (exact) mass is 306 g/mol. The lowest BCUT2D eigenvalue weighted by Gasteiger charge is -2.26. The van der Waals surface area contributed by atoms with Crippen LogP contribution in [-0.4, -0.2) is 39.7 Å². The highest BCUT2D eigenvalue weighted by Crippen LogP contribution is 2.33. The minimum atomic E-state index is 0.203. The minimum Gasteiger partial charge on any atom is -0.394 e. The lowest BCUT2D eigenvalue weighted by atomic mass is 10.0. The van der Waals surface area contributed by atoms with Gasteiger partial charge in [0.2, 0.25) is 0 Å². The summed E-state index contributed by atoms with van der Waals surface area (Å²) >= 11 is 1.68. The molecule has 5 nitrogen and oxygen atoms in total. The third-order valence-electron chi connectivity index (χ3n) is 4.82. The minimum absolute atomic E-state index is 0.203. The SMILES string of the molecule is CC1CCN(c2nc3sccn3c2CNC2CC2)C1CO. The van der Waals surface area contributed by atoms with Crippen molar-refractivity contribution in [1.29, 1.82) is 0 Å². The van der Waals surface area contributed by atoms with Crippen LogP contribution in [0.15, 0.2) is 11.6 Å². The maximum Gasteiger partial charge on any atom is 0.195 e. The summed E-state index contributed by atoms with van der Waals surface area (Å²) in [5, 5.41) is 15.4. The first-order valence-electron chi connectivity index (χ1n) is 7.83. The Kier molecular flexibility index (Phi) is 3.40. The van der Waals surface area contributed by atoms with E-state index in [0.29, 0.717) is 12.0 Å². The predicted molar refractivity (Wildman–Crippen MR) is 84.9 cm³/mol. The topological polar surface area (TPSA) is 52.8 Å². The molecule has 0 bridgehead atoms. The van der Waals surface area contributed by atoms with Crippen molar-refractivity contribution in [3.63, 3.8) is 0 Å². The van der Waals surface area contributed by atoms with Gasteiger partial charge in [-0.25, -0.2) is 4.98 Å². The largest absolute Gasteiger partial charge is 0.394 e. The van der Waals surface area contributed by atoms with Gasteiger partial charge in [-0.05, 0) is 25.2 Å². The highest BCUT2D eigenvalue weighted by atomic mass is 32.1. The summed E-state index contributed by atoms with van der Waals surface area (Å²) in [5.41, 5.74) is 1.24. The number of aliphatic hydroxyl groups excluding tert-OH is 1. The molecule has 114 valence electrons. The van der Waals surface area contributed by atoms with Gasteiger partial charge in [-0.15, -0.1) is 11.3 Å². The zero-order valence-electron chi connectivity index (χ0n) is 12.3. The molecule has 2 aliphatic rings. The van der Waals surface area contributed by atoms with Gasteiger partial charge in [0, 0.05) is 30.7 Å². The molecule has 2 N–H and O–H groups in total. The Morgan fingerprint density at radius 1 is 1.43 bits per heavy atom. The molecule has 1 saturated heterocycles. The summed E-state index contributed by atoms with van der Waals surface area (Å²) in [6, 6.07) is 0.891. The van der Waals surface area contributed by atoms with E-state index in [4.69, 9.17) is 4.98 Å². The van der Waals surface area contributed by atoms with Crippen LogP contribution in [0.1, 0.15) is 31.9 Å². The molecule has 2 aromatic heterocycles. The molecule has 3 heterocycles. The Hall–Kier alpha value is -1.11. The van der Waals surface area contributed by atoms with E-state index in [1.165, 1.54) is 18.5 Å². The molecule has 1 aliphatic heterocycles. The molecule has 2 unspecified atom stereocenters. The van der Waals surface area contributed by atoms with Crippen LogP contribution in [0.2, 0.25) is 0 Å². The van der Waals surface area contributed by atoms with Crippen molar-refractivity contribution in [3.8, 4) is 0 Å². The van der Waals surface area contributed by atoms with E-state index >= 15 is 0 Å². The average Bonchev–Trinajstić information content (AvgIpc) is 2.92. The fourth-order valence-electron chi connectivity index (χ4n) is 3.29. The van der Waals surface area contributed by atoms with E-state index in [1.807, 2.05) is 0 Å². The van der Waals surface area contributed by atoms with Crippen molar-refractivity contribution in [2.24, 2.45) is 5.92 Å². The van der Waals surface area contributed by atoms with Crippen LogP contribution >= 0.6 is 11.3 Å². The van der Waals surface area contributed by atoms with Crippen LogP contribution in [0.25, 0.3) is 4.96 Å². The van der Waals surface area contributed by atoms with Crippen LogP contribution in [0, 0.1) is 5.92 Å². The number of aromatic nitrogens is 2. The van der Waals surface area contributed by atoms with Crippen molar-refractivity contribution in [1.82, 2.24) is 14.7 Å². The number of nitrogens with one attached hydrogen (secondary N) is 1. The molecule has 1 saturated carbocycles. The summed E-state index contributed by atoms with van der Waals surface area (Å²) in [5.74, 6) is 1.59. The average molecular weight is 306 g/mol. The van der Waals surface area contributed by atoms with E-state index < -0.39 is 0 Å². The Morgan fingerprint density at radius 2 is 2.29 bits per heavy atom. The first-order valence-corrected chi connectivity index (χ1v) is 8.71. The van der Waals surface area contributed by atoms with Gasteiger partial charge in [0.15, 0.2) is 10.8 Å². The number of hydrogen-bond donors (Lipinski definition) is 2. The van der Waals surface area contributed by atoms with Gasteiger partial charge in [0.25, 0.3) is 0 Å². The summed E-state index contributed by atoms with van der Waals surface area (Å²) in [4.78, 5) is 8.21. The number of rotatable bonds is 5. The van der Waals surface area contributed by atoms with Gasteiger partial charge in [-0.1, -0.05) is 6.92 Å². The number of hydrogen-bond acceptors (Lipinski definition) is 5. The molecule has 0 radical (unpaired) electrons. The standard InChI is InChI=1S/C15H22N4OS/c1-10-4-5-18(13(10)9-20)14-12(8-16-11-2-3-11)19-6-7-21-15(19)17-14/h6-7,10-11,13,16,20H,2-5,8-9H2,1H3. The summed E-state index contributed by atoms with van der Waals surface area (Å²) in [6.45, 7) is 4.29. The summed E-state index contributed by atoms with van der Waals surface area (Å²) in [6.07, 6.45) is 5.82. The molecule has 2 atom stereocenters. The molecule has 0 amide bonds. The molecule has 0 spiro atoms. The molecule has 1 aliphatic carbocycles. The van der Waals surface area contributed by atoms with Crippen molar-refractivity contribution in [2.75, 3.05) is 18.1 Å². The molecule has 2 aromatic rings. The first kappa shape index (κ1) is 13.5. The van der Waals surface area contributed by atoms with Gasteiger partial charge >= 0.3 is 0 Å². The highest BCUT2D eigenvalue weighted by molar-refractivity contribution is 7.15. The number of fused-ring (bicyclic) bond motifs is 1. The number of anilines is 1. The predicted octanol–water partition coefficient (Wildman–Crippen LogP) is 1.85. The smallest absolute Gasteiger partial charge is 0.195 e. The lowest BCUT2D eigenvalue weighted by Crippen LogP contribution is -2.36. The van der Waals surface area contributed by atoms with E-state index in [-0.39, 0.29) is 12.6 Å². The Bertz CT molecular complexity index is 633. The van der Waals surface area contributed by atoms with Crippen LogP contribution in [0.3, 0.4) is 0 Å². The quantitative estimate of drug-likeness (QED) is 0.885. The number of imidazole rings is 1. The normalized spacial score (nSPS) is 26.1. The van der Waals surface area contributed by atoms with Crippen molar-refractivity contribution < 1.29 is 5.11 Å². The van der Waals surface area contributed by atoms with Crippen molar-refractivity contribution in [2.45, 2.75) is 44.8 Å². The summed E-state index contributed by atoms with van der Waals surface area (Å²) < 4.78 is 2.20.